The molecule has 1 amide bonds. The molecule has 120 valence electrons. The van der Waals surface area contributed by atoms with E-state index in [0.717, 1.165) is 0 Å². The van der Waals surface area contributed by atoms with Gasteiger partial charge in [0.05, 0.1) is 36.2 Å². The third kappa shape index (κ3) is 5.28. The number of hydrogen-bond acceptors (Lipinski definition) is 6. The summed E-state index contributed by atoms with van der Waals surface area (Å²) in [5, 5.41) is 2.68. The molecule has 1 saturated heterocycles. The summed E-state index contributed by atoms with van der Waals surface area (Å²) in [6.45, 7) is 5.18. The van der Waals surface area contributed by atoms with Gasteiger partial charge in [0.15, 0.2) is 23.2 Å². The zero-order valence-electron chi connectivity index (χ0n) is 12.1. The molecule has 0 bridgehead atoms. The molecule has 0 saturated carbocycles. The van der Waals surface area contributed by atoms with Crippen LogP contribution >= 0.6 is 26.4 Å². The number of amides is 1. The molecule has 0 aromatic carbocycles. The lowest BCUT2D eigenvalue weighted by atomic mass is 10.0. The molecule has 10 heteroatoms. The molecule has 0 radical (unpaired) electrons. The Hall–Kier alpha value is -0.0200. The smallest absolute Gasteiger partial charge is 0.217 e. The van der Waals surface area contributed by atoms with Crippen molar-refractivity contribution in [3.05, 3.63) is 0 Å². The molecule has 1 heterocycles. The Labute approximate surface area is 129 Å². The van der Waals surface area contributed by atoms with Gasteiger partial charge in [-0.1, -0.05) is 0 Å². The van der Waals surface area contributed by atoms with Crippen molar-refractivity contribution in [2.45, 2.75) is 56.6 Å². The fourth-order valence-corrected chi connectivity index (χ4v) is 3.98. The van der Waals surface area contributed by atoms with Crippen LogP contribution in [0.1, 0.15) is 20.8 Å². The number of carbonyl (C=O) groups is 1. The van der Waals surface area contributed by atoms with Crippen LogP contribution in [0.25, 0.3) is 0 Å². The van der Waals surface area contributed by atoms with E-state index in [9.17, 15) is 13.9 Å². The van der Waals surface area contributed by atoms with Crippen LogP contribution < -0.4 is 5.32 Å². The number of hydrogen-bond donors (Lipinski definition) is 1. The van der Waals surface area contributed by atoms with E-state index >= 15 is 0 Å². The van der Waals surface area contributed by atoms with Crippen molar-refractivity contribution in [1.29, 1.82) is 0 Å². The molecular formula is C11H20NO6P3. The van der Waals surface area contributed by atoms with Gasteiger partial charge in [-0.25, -0.2) is 0 Å². The molecule has 1 aliphatic rings. The quantitative estimate of drug-likeness (QED) is 0.700. The zero-order chi connectivity index (χ0) is 16.0. The second-order valence-electron chi connectivity index (χ2n) is 4.98. The number of carbonyl (C=O) groups excluding carboxylic acids is 1. The summed E-state index contributed by atoms with van der Waals surface area (Å²) in [5.41, 5.74) is -1.15. The van der Waals surface area contributed by atoms with Gasteiger partial charge in [0.1, 0.15) is 0 Å². The Balaban J connectivity index is 3.05. The van der Waals surface area contributed by atoms with Crippen molar-refractivity contribution in [3.8, 4) is 0 Å². The van der Waals surface area contributed by atoms with Crippen molar-refractivity contribution in [1.82, 2.24) is 5.32 Å². The van der Waals surface area contributed by atoms with Crippen LogP contribution in [0, 0.1) is 0 Å². The standard InChI is InChI=1S/C11H20NO6P3/c1-5(2)17-11-8(12-6(3)13)10(21-15)9(20-14)7(18-11)4-16-19/h5,7-11H,4,19H2,1-3H3,(H,12,13)/t7?,8?,9-,10+,11-/m0/s1. The lowest BCUT2D eigenvalue weighted by molar-refractivity contribution is -0.222. The minimum Gasteiger partial charge on any atom is -0.363 e. The van der Waals surface area contributed by atoms with Crippen LogP contribution in [0.15, 0.2) is 0 Å². The Kier molecular flexibility index (Phi) is 8.33. The molecule has 1 aliphatic heterocycles. The van der Waals surface area contributed by atoms with Crippen LogP contribution in [-0.4, -0.2) is 48.4 Å². The van der Waals surface area contributed by atoms with Crippen molar-refractivity contribution < 1.29 is 27.9 Å². The van der Waals surface area contributed by atoms with Crippen molar-refractivity contribution in [2.24, 2.45) is 0 Å². The van der Waals surface area contributed by atoms with Gasteiger partial charge in [-0.15, -0.1) is 0 Å². The van der Waals surface area contributed by atoms with Crippen LogP contribution in [0.3, 0.4) is 0 Å². The molecular weight excluding hydrogens is 335 g/mol. The fraction of sp³-hybridized carbons (Fsp3) is 0.909. The first-order valence-corrected chi connectivity index (χ1v) is 8.72. The SMILES string of the molecule is CC(=O)NC1[C@@H](OC(C)C)OC(COP)[C@H](P=O)[C@@H]1P=O. The van der Waals surface area contributed by atoms with Crippen molar-refractivity contribution in [2.75, 3.05) is 6.61 Å². The van der Waals surface area contributed by atoms with Crippen LogP contribution in [0.2, 0.25) is 0 Å². The first-order chi connectivity index (χ1) is 9.94. The Morgan fingerprint density at radius 1 is 1.33 bits per heavy atom. The minimum atomic E-state index is -0.775. The van der Waals surface area contributed by atoms with E-state index in [0.29, 0.717) is 0 Å². The number of nitrogens with one attached hydrogen (secondary N) is 1. The topological polar surface area (TPSA) is 90.9 Å². The fourth-order valence-electron chi connectivity index (χ4n) is 2.19. The summed E-state index contributed by atoms with van der Waals surface area (Å²) < 4.78 is 39.4. The van der Waals surface area contributed by atoms with E-state index in [1.807, 2.05) is 13.8 Å². The van der Waals surface area contributed by atoms with Gasteiger partial charge in [-0.05, 0) is 13.8 Å². The molecule has 1 fully saturated rings. The van der Waals surface area contributed by atoms with Gasteiger partial charge in [-0.2, -0.15) is 0 Å². The van der Waals surface area contributed by atoms with Gasteiger partial charge < -0.3 is 19.3 Å². The summed E-state index contributed by atoms with van der Waals surface area (Å²) in [6, 6.07) is -0.642. The largest absolute Gasteiger partial charge is 0.363 e. The zero-order valence-corrected chi connectivity index (χ0v) is 15.0. The number of rotatable bonds is 7. The summed E-state index contributed by atoms with van der Waals surface area (Å²) in [6.07, 6.45) is -1.46. The molecule has 0 aromatic heterocycles. The van der Waals surface area contributed by atoms with Gasteiger partial charge in [0.25, 0.3) is 0 Å². The predicted octanol–water partition coefficient (Wildman–Crippen LogP) is 1.77. The van der Waals surface area contributed by atoms with E-state index in [2.05, 4.69) is 14.8 Å². The van der Waals surface area contributed by atoms with Crippen LogP contribution in [0.4, 0.5) is 0 Å². The third-order valence-corrected chi connectivity index (χ3v) is 5.19. The summed E-state index contributed by atoms with van der Waals surface area (Å²) in [7, 11) is 1.66. The highest BCUT2D eigenvalue weighted by Gasteiger charge is 2.48. The van der Waals surface area contributed by atoms with E-state index in [4.69, 9.17) is 14.0 Å². The average Bonchev–Trinajstić information content (AvgIpc) is 2.40. The second kappa shape index (κ2) is 9.19. The van der Waals surface area contributed by atoms with E-state index in [1.54, 1.807) is 0 Å². The molecule has 3 unspecified atom stereocenters. The highest BCUT2D eigenvalue weighted by atomic mass is 31.1. The van der Waals surface area contributed by atoms with Gasteiger partial charge >= 0.3 is 0 Å². The Morgan fingerprint density at radius 2 is 1.95 bits per heavy atom. The van der Waals surface area contributed by atoms with Crippen molar-refractivity contribution in [3.63, 3.8) is 0 Å². The average molecular weight is 355 g/mol. The maximum atomic E-state index is 11.5. The lowest BCUT2D eigenvalue weighted by Crippen LogP contribution is -2.61. The maximum Gasteiger partial charge on any atom is 0.217 e. The lowest BCUT2D eigenvalue weighted by Gasteiger charge is -2.42. The number of ether oxygens (including phenoxy) is 2. The molecule has 0 spiro atoms. The normalized spacial score (nSPS) is 33.5. The van der Waals surface area contributed by atoms with Crippen molar-refractivity contribution >= 4 is 32.3 Å². The first-order valence-electron chi connectivity index (χ1n) is 6.49. The first kappa shape index (κ1) is 19.0. The minimum absolute atomic E-state index is 0.144. The summed E-state index contributed by atoms with van der Waals surface area (Å²) >= 11 is 0. The Bertz CT molecular complexity index is 383. The van der Waals surface area contributed by atoms with E-state index in [1.165, 1.54) is 6.92 Å². The van der Waals surface area contributed by atoms with Gasteiger partial charge in [0.2, 0.25) is 5.91 Å². The third-order valence-electron chi connectivity index (χ3n) is 2.98. The highest BCUT2D eigenvalue weighted by molar-refractivity contribution is 7.30. The molecule has 0 aliphatic carbocycles. The van der Waals surface area contributed by atoms with E-state index < -0.39 is 29.8 Å². The van der Waals surface area contributed by atoms with Crippen LogP contribution in [-0.2, 0) is 27.9 Å². The van der Waals surface area contributed by atoms with E-state index in [-0.39, 0.29) is 35.5 Å². The van der Waals surface area contributed by atoms with Gasteiger partial charge in [-0.3, -0.25) is 13.9 Å². The molecule has 1 rings (SSSR count). The van der Waals surface area contributed by atoms with Crippen LogP contribution in [0.5, 0.6) is 0 Å². The molecule has 6 atom stereocenters. The second-order valence-corrected chi connectivity index (χ2v) is 6.93. The molecule has 1 N–H and O–H groups in total. The molecule has 0 aromatic rings. The maximum absolute atomic E-state index is 11.5. The molecule has 7 nitrogen and oxygen atoms in total. The molecule has 21 heavy (non-hydrogen) atoms. The summed E-state index contributed by atoms with van der Waals surface area (Å²) in [5.74, 6) is -0.295. The highest BCUT2D eigenvalue weighted by Crippen LogP contribution is 2.36. The summed E-state index contributed by atoms with van der Waals surface area (Å²) in [4.78, 5) is 11.4. The monoisotopic (exact) mass is 355 g/mol. The van der Waals surface area contributed by atoms with Gasteiger partial charge in [0, 0.05) is 16.4 Å². The predicted molar refractivity (Wildman–Crippen MR) is 80.9 cm³/mol. The Morgan fingerprint density at radius 3 is 2.38 bits per heavy atom.